The molecule has 0 radical (unpaired) electrons. The number of thiophene rings is 2. The fourth-order valence-corrected chi connectivity index (χ4v) is 4.53. The third-order valence-corrected chi connectivity index (χ3v) is 5.26. The van der Waals surface area contributed by atoms with Gasteiger partial charge in [0.2, 0.25) is 0 Å². The first-order valence-corrected chi connectivity index (χ1v) is 7.10. The van der Waals surface area contributed by atoms with Crippen LogP contribution in [-0.4, -0.2) is 9.97 Å². The maximum absolute atomic E-state index is 11.6. The van der Waals surface area contributed by atoms with Crippen molar-refractivity contribution in [2.45, 2.75) is 6.92 Å². The van der Waals surface area contributed by atoms with Crippen molar-refractivity contribution >= 4 is 58.9 Å². The van der Waals surface area contributed by atoms with Gasteiger partial charge in [-0.25, -0.2) is 4.79 Å². The van der Waals surface area contributed by atoms with E-state index in [0.29, 0.717) is 0 Å². The lowest BCUT2D eigenvalue weighted by molar-refractivity contribution is 1.22. The van der Waals surface area contributed by atoms with E-state index in [0.717, 1.165) is 31.5 Å². The number of hydrogen-bond acceptors (Lipinski definition) is 4. The zero-order chi connectivity index (χ0) is 12.4. The van der Waals surface area contributed by atoms with E-state index in [-0.39, 0.29) is 5.69 Å². The van der Waals surface area contributed by atoms with Crippen molar-refractivity contribution in [3.8, 4) is 0 Å². The number of nitrogens with two attached hydrogens (primary N) is 1. The lowest BCUT2D eigenvalue weighted by atomic mass is 10.1. The quantitative estimate of drug-likeness (QED) is 0.461. The first-order valence-electron chi connectivity index (χ1n) is 5.46. The molecule has 0 unspecified atom stereocenters. The molecule has 0 saturated heterocycles. The van der Waals surface area contributed by atoms with Gasteiger partial charge in [0, 0.05) is 15.6 Å². The molecule has 4 nitrogen and oxygen atoms in total. The van der Waals surface area contributed by atoms with Crippen LogP contribution >= 0.6 is 22.7 Å². The molecule has 1 aromatic carbocycles. The first-order chi connectivity index (χ1) is 8.63. The van der Waals surface area contributed by atoms with Crippen LogP contribution in [0.1, 0.15) is 4.88 Å². The topological polar surface area (TPSA) is 74.7 Å². The Bertz CT molecular complexity index is 894. The lowest BCUT2D eigenvalue weighted by Gasteiger charge is -1.95. The minimum absolute atomic E-state index is 0.174. The summed E-state index contributed by atoms with van der Waals surface area (Å²) in [6.45, 7) is 2.07. The molecule has 18 heavy (non-hydrogen) atoms. The lowest BCUT2D eigenvalue weighted by Crippen LogP contribution is -1.99. The number of nitrogens with one attached hydrogen (secondary N) is 2. The van der Waals surface area contributed by atoms with E-state index < -0.39 is 0 Å². The fourth-order valence-electron chi connectivity index (χ4n) is 2.42. The molecule has 0 aliphatic heterocycles. The zero-order valence-electron chi connectivity index (χ0n) is 9.46. The van der Waals surface area contributed by atoms with Gasteiger partial charge in [0.25, 0.3) is 0 Å². The molecular formula is C12H9N3OS2. The molecule has 0 amide bonds. The van der Waals surface area contributed by atoms with Gasteiger partial charge in [-0.3, -0.25) is 0 Å². The number of benzene rings is 1. The smallest absolute Gasteiger partial charge is 0.323 e. The number of anilines is 1. The monoisotopic (exact) mass is 275 g/mol. The van der Waals surface area contributed by atoms with Crippen LogP contribution in [-0.2, 0) is 0 Å². The number of nitrogen functional groups attached to an aromatic ring is 1. The van der Waals surface area contributed by atoms with E-state index in [4.69, 9.17) is 5.73 Å². The average molecular weight is 275 g/mol. The summed E-state index contributed by atoms with van der Waals surface area (Å²) in [6, 6.07) is 4.04. The summed E-state index contributed by atoms with van der Waals surface area (Å²) in [5.41, 5.74) is 7.47. The molecule has 0 atom stereocenters. The summed E-state index contributed by atoms with van der Waals surface area (Å²) in [5.74, 6) is 0. The van der Waals surface area contributed by atoms with Gasteiger partial charge in [-0.1, -0.05) is 0 Å². The van der Waals surface area contributed by atoms with Gasteiger partial charge in [0.15, 0.2) is 0 Å². The largest absolute Gasteiger partial charge is 0.391 e. The van der Waals surface area contributed by atoms with E-state index in [1.54, 1.807) is 22.7 Å². The Kier molecular flexibility index (Phi) is 1.78. The second-order valence-corrected chi connectivity index (χ2v) is 6.66. The van der Waals surface area contributed by atoms with E-state index in [2.05, 4.69) is 23.0 Å². The molecule has 4 aromatic rings. The highest BCUT2D eigenvalue weighted by atomic mass is 32.1. The SMILES string of the molecule is Cc1cc2c3[nH]c(=O)[nH]c3c3cc(N)sc3c2s1. The Morgan fingerprint density at radius 3 is 2.39 bits per heavy atom. The Morgan fingerprint density at radius 1 is 1.06 bits per heavy atom. The van der Waals surface area contributed by atoms with E-state index in [1.807, 2.05) is 6.07 Å². The fraction of sp³-hybridized carbons (Fsp3) is 0.0833. The highest BCUT2D eigenvalue weighted by Gasteiger charge is 2.15. The molecule has 0 spiro atoms. The number of rotatable bonds is 0. The number of aryl methyl sites for hydroxylation is 1. The molecule has 0 aliphatic carbocycles. The second-order valence-electron chi connectivity index (χ2n) is 4.32. The number of fused-ring (bicyclic) bond motifs is 6. The number of aromatic nitrogens is 2. The maximum Gasteiger partial charge on any atom is 0.323 e. The van der Waals surface area contributed by atoms with Crippen molar-refractivity contribution in [1.29, 1.82) is 0 Å². The normalized spacial score (nSPS) is 12.1. The van der Waals surface area contributed by atoms with Crippen molar-refractivity contribution in [3.05, 3.63) is 27.5 Å². The standard InChI is InChI=1S/C12H9N3OS2/c1-4-2-5-8-9(15-12(16)14-8)6-3-7(13)18-11(6)10(5)17-4/h2-3H,13H2,1H3,(H2,14,15,16). The van der Waals surface area contributed by atoms with Crippen molar-refractivity contribution in [2.75, 3.05) is 5.73 Å². The third kappa shape index (κ3) is 1.16. The number of H-pyrrole nitrogens is 2. The summed E-state index contributed by atoms with van der Waals surface area (Å²) in [5, 5.41) is 2.90. The Labute approximate surface area is 109 Å². The van der Waals surface area contributed by atoms with E-state index in [9.17, 15) is 4.79 Å². The van der Waals surface area contributed by atoms with Gasteiger partial charge in [-0.05, 0) is 19.1 Å². The van der Waals surface area contributed by atoms with Crippen molar-refractivity contribution in [1.82, 2.24) is 9.97 Å². The molecule has 0 fully saturated rings. The summed E-state index contributed by atoms with van der Waals surface area (Å²) in [4.78, 5) is 18.5. The van der Waals surface area contributed by atoms with Gasteiger partial charge >= 0.3 is 5.69 Å². The van der Waals surface area contributed by atoms with Crippen LogP contribution in [0.25, 0.3) is 31.2 Å². The molecule has 90 valence electrons. The summed E-state index contributed by atoms with van der Waals surface area (Å²) >= 11 is 3.31. The highest BCUT2D eigenvalue weighted by molar-refractivity contribution is 7.29. The van der Waals surface area contributed by atoms with Crippen molar-refractivity contribution < 1.29 is 0 Å². The van der Waals surface area contributed by atoms with Gasteiger partial charge in [0.05, 0.1) is 25.4 Å². The molecule has 6 heteroatoms. The van der Waals surface area contributed by atoms with Crippen LogP contribution < -0.4 is 11.4 Å². The van der Waals surface area contributed by atoms with Gasteiger partial charge in [-0.15, -0.1) is 22.7 Å². The molecule has 3 heterocycles. The predicted molar refractivity (Wildman–Crippen MR) is 78.8 cm³/mol. The second kappa shape index (κ2) is 3.15. The van der Waals surface area contributed by atoms with Crippen LogP contribution in [0, 0.1) is 6.92 Å². The molecular weight excluding hydrogens is 266 g/mol. The van der Waals surface area contributed by atoms with E-state index >= 15 is 0 Å². The molecule has 3 aromatic heterocycles. The van der Waals surface area contributed by atoms with Crippen LogP contribution in [0.15, 0.2) is 16.9 Å². The van der Waals surface area contributed by atoms with Crippen LogP contribution in [0.5, 0.6) is 0 Å². The molecule has 0 aliphatic rings. The van der Waals surface area contributed by atoms with Crippen LogP contribution in [0.2, 0.25) is 0 Å². The summed E-state index contributed by atoms with van der Waals surface area (Å²) < 4.78 is 2.36. The van der Waals surface area contributed by atoms with Crippen LogP contribution in [0.4, 0.5) is 5.00 Å². The Hall–Kier alpha value is -1.79. The zero-order valence-corrected chi connectivity index (χ0v) is 11.1. The number of hydrogen-bond donors (Lipinski definition) is 3. The van der Waals surface area contributed by atoms with Crippen molar-refractivity contribution in [2.24, 2.45) is 0 Å². The Morgan fingerprint density at radius 2 is 1.67 bits per heavy atom. The third-order valence-electron chi connectivity index (χ3n) is 3.08. The van der Waals surface area contributed by atoms with E-state index in [1.165, 1.54) is 9.58 Å². The maximum atomic E-state index is 11.6. The average Bonchev–Trinajstić information content (AvgIpc) is 2.93. The van der Waals surface area contributed by atoms with Gasteiger partial charge in [-0.2, -0.15) is 0 Å². The molecule has 4 rings (SSSR count). The minimum atomic E-state index is -0.174. The summed E-state index contributed by atoms with van der Waals surface area (Å²) in [7, 11) is 0. The number of aromatic amines is 2. The van der Waals surface area contributed by atoms with Gasteiger partial charge < -0.3 is 15.7 Å². The highest BCUT2D eigenvalue weighted by Crippen LogP contribution is 2.42. The molecule has 4 N–H and O–H groups in total. The van der Waals surface area contributed by atoms with Gasteiger partial charge in [0.1, 0.15) is 0 Å². The first kappa shape index (κ1) is 10.2. The minimum Gasteiger partial charge on any atom is -0.391 e. The summed E-state index contributed by atoms with van der Waals surface area (Å²) in [6.07, 6.45) is 0. The molecule has 0 bridgehead atoms. The van der Waals surface area contributed by atoms with Crippen LogP contribution in [0.3, 0.4) is 0 Å². The Balaban J connectivity index is 2.47. The molecule has 0 saturated carbocycles. The van der Waals surface area contributed by atoms with Crippen molar-refractivity contribution in [3.63, 3.8) is 0 Å². The predicted octanol–water partition coefficient (Wildman–Crippen LogP) is 3.18. The number of imidazole rings is 1.